The number of nitrogens with zero attached hydrogens (tertiary/aromatic N) is 1. The molecule has 0 aliphatic carbocycles. The van der Waals surface area contributed by atoms with E-state index in [2.05, 4.69) is 15.0 Å². The standard InChI is InChI=1S/C9H18N2O2/c1-13-9(12)3-2-6-11-7-4-10-5-8-11/h10H,2-8H2,1H3. The zero-order valence-corrected chi connectivity index (χ0v) is 8.21. The Morgan fingerprint density at radius 3 is 2.77 bits per heavy atom. The van der Waals surface area contributed by atoms with E-state index in [1.807, 2.05) is 0 Å². The molecule has 0 saturated carbocycles. The third-order valence-corrected chi connectivity index (χ3v) is 2.29. The predicted octanol–water partition coefficient (Wildman–Crippen LogP) is -0.155. The lowest BCUT2D eigenvalue weighted by Gasteiger charge is -2.26. The maximum absolute atomic E-state index is 10.8. The van der Waals surface area contributed by atoms with Crippen LogP contribution in [0.3, 0.4) is 0 Å². The van der Waals surface area contributed by atoms with Crippen molar-refractivity contribution < 1.29 is 9.53 Å². The molecule has 1 saturated heterocycles. The molecule has 1 aliphatic rings. The molecule has 1 aliphatic heterocycles. The van der Waals surface area contributed by atoms with Crippen molar-refractivity contribution in [3.8, 4) is 0 Å². The van der Waals surface area contributed by atoms with Crippen LogP contribution in [0.5, 0.6) is 0 Å². The van der Waals surface area contributed by atoms with E-state index in [1.54, 1.807) is 0 Å². The molecule has 4 heteroatoms. The molecule has 13 heavy (non-hydrogen) atoms. The second-order valence-electron chi connectivity index (χ2n) is 3.27. The Kier molecular flexibility index (Phi) is 4.78. The average Bonchev–Trinajstić information content (AvgIpc) is 2.19. The summed E-state index contributed by atoms with van der Waals surface area (Å²) in [6.07, 6.45) is 1.45. The minimum absolute atomic E-state index is 0.102. The molecule has 0 atom stereocenters. The van der Waals surface area contributed by atoms with Crippen LogP contribution in [-0.4, -0.2) is 50.7 Å². The Labute approximate surface area is 79.2 Å². The molecule has 0 spiro atoms. The van der Waals surface area contributed by atoms with Gasteiger partial charge in [-0.3, -0.25) is 4.79 Å². The van der Waals surface area contributed by atoms with E-state index in [9.17, 15) is 4.79 Å². The summed E-state index contributed by atoms with van der Waals surface area (Å²) in [6.45, 7) is 5.34. The summed E-state index contributed by atoms with van der Waals surface area (Å²) < 4.78 is 4.57. The van der Waals surface area contributed by atoms with Crippen molar-refractivity contribution in [2.75, 3.05) is 39.8 Å². The van der Waals surface area contributed by atoms with Crippen LogP contribution in [0.1, 0.15) is 12.8 Å². The highest BCUT2D eigenvalue weighted by Crippen LogP contribution is 1.98. The maximum atomic E-state index is 10.8. The van der Waals surface area contributed by atoms with Crippen LogP contribution >= 0.6 is 0 Å². The van der Waals surface area contributed by atoms with Gasteiger partial charge in [0.15, 0.2) is 0 Å². The fraction of sp³-hybridized carbons (Fsp3) is 0.889. The van der Waals surface area contributed by atoms with Crippen molar-refractivity contribution in [1.29, 1.82) is 0 Å². The van der Waals surface area contributed by atoms with Crippen LogP contribution in [0.25, 0.3) is 0 Å². The van der Waals surface area contributed by atoms with Gasteiger partial charge in [-0.15, -0.1) is 0 Å². The number of piperazine rings is 1. The molecule has 0 radical (unpaired) electrons. The highest BCUT2D eigenvalue weighted by atomic mass is 16.5. The molecule has 4 nitrogen and oxygen atoms in total. The second-order valence-corrected chi connectivity index (χ2v) is 3.27. The highest BCUT2D eigenvalue weighted by molar-refractivity contribution is 5.69. The fourth-order valence-electron chi connectivity index (χ4n) is 1.48. The minimum Gasteiger partial charge on any atom is -0.469 e. The molecular formula is C9H18N2O2. The zero-order valence-electron chi connectivity index (χ0n) is 8.21. The van der Waals surface area contributed by atoms with Gasteiger partial charge < -0.3 is 15.0 Å². The number of ether oxygens (including phenoxy) is 1. The minimum atomic E-state index is -0.102. The zero-order chi connectivity index (χ0) is 9.52. The van der Waals surface area contributed by atoms with E-state index in [0.717, 1.165) is 39.1 Å². The number of esters is 1. The predicted molar refractivity (Wildman–Crippen MR) is 50.6 cm³/mol. The summed E-state index contributed by atoms with van der Waals surface area (Å²) in [5, 5.41) is 3.29. The lowest BCUT2D eigenvalue weighted by molar-refractivity contribution is -0.140. The first-order valence-electron chi connectivity index (χ1n) is 4.83. The molecule has 76 valence electrons. The fourth-order valence-corrected chi connectivity index (χ4v) is 1.48. The Morgan fingerprint density at radius 2 is 2.15 bits per heavy atom. The molecular weight excluding hydrogens is 168 g/mol. The Morgan fingerprint density at radius 1 is 1.46 bits per heavy atom. The summed E-state index contributed by atoms with van der Waals surface area (Å²) in [5.74, 6) is -0.102. The van der Waals surface area contributed by atoms with Gasteiger partial charge in [0.1, 0.15) is 0 Å². The van der Waals surface area contributed by atoms with Gasteiger partial charge in [-0.2, -0.15) is 0 Å². The average molecular weight is 186 g/mol. The Balaban J connectivity index is 2.01. The van der Waals surface area contributed by atoms with Crippen LogP contribution in [0.2, 0.25) is 0 Å². The van der Waals surface area contributed by atoms with Crippen LogP contribution < -0.4 is 5.32 Å². The first kappa shape index (κ1) is 10.5. The summed E-state index contributed by atoms with van der Waals surface area (Å²) in [4.78, 5) is 13.2. The molecule has 0 unspecified atom stereocenters. The van der Waals surface area contributed by atoms with E-state index in [4.69, 9.17) is 0 Å². The molecule has 1 heterocycles. The highest BCUT2D eigenvalue weighted by Gasteiger charge is 2.09. The molecule has 1 N–H and O–H groups in total. The van der Waals surface area contributed by atoms with Crippen molar-refractivity contribution in [2.24, 2.45) is 0 Å². The SMILES string of the molecule is COC(=O)CCCN1CCNCC1. The van der Waals surface area contributed by atoms with Gasteiger partial charge in [-0.05, 0) is 13.0 Å². The van der Waals surface area contributed by atoms with Crippen LogP contribution in [0.4, 0.5) is 0 Å². The number of methoxy groups -OCH3 is 1. The topological polar surface area (TPSA) is 41.6 Å². The van der Waals surface area contributed by atoms with Crippen molar-refractivity contribution in [1.82, 2.24) is 10.2 Å². The van der Waals surface area contributed by atoms with Crippen molar-refractivity contribution in [2.45, 2.75) is 12.8 Å². The largest absolute Gasteiger partial charge is 0.469 e. The first-order chi connectivity index (χ1) is 6.33. The quantitative estimate of drug-likeness (QED) is 0.620. The lowest BCUT2D eigenvalue weighted by Crippen LogP contribution is -2.43. The molecule has 0 amide bonds. The van der Waals surface area contributed by atoms with E-state index in [1.165, 1.54) is 7.11 Å². The van der Waals surface area contributed by atoms with E-state index < -0.39 is 0 Å². The van der Waals surface area contributed by atoms with Gasteiger partial charge in [0.05, 0.1) is 7.11 Å². The smallest absolute Gasteiger partial charge is 0.305 e. The van der Waals surface area contributed by atoms with Crippen LogP contribution in [0.15, 0.2) is 0 Å². The van der Waals surface area contributed by atoms with Crippen molar-refractivity contribution in [3.63, 3.8) is 0 Å². The van der Waals surface area contributed by atoms with Gasteiger partial charge in [0.2, 0.25) is 0 Å². The summed E-state index contributed by atoms with van der Waals surface area (Å²) >= 11 is 0. The van der Waals surface area contributed by atoms with Crippen LogP contribution in [-0.2, 0) is 9.53 Å². The Bertz CT molecular complexity index is 156. The van der Waals surface area contributed by atoms with E-state index in [0.29, 0.717) is 6.42 Å². The molecule has 0 aromatic rings. The molecule has 0 bridgehead atoms. The molecule has 0 aromatic carbocycles. The number of carbonyl (C=O) groups excluding carboxylic acids is 1. The monoisotopic (exact) mass is 186 g/mol. The van der Waals surface area contributed by atoms with Gasteiger partial charge in [-0.1, -0.05) is 0 Å². The number of hydrogen-bond acceptors (Lipinski definition) is 4. The van der Waals surface area contributed by atoms with E-state index >= 15 is 0 Å². The number of hydrogen-bond donors (Lipinski definition) is 1. The molecule has 0 aromatic heterocycles. The number of nitrogens with one attached hydrogen (secondary N) is 1. The molecule has 1 rings (SSSR count). The van der Waals surface area contributed by atoms with Crippen molar-refractivity contribution in [3.05, 3.63) is 0 Å². The van der Waals surface area contributed by atoms with Gasteiger partial charge in [0, 0.05) is 32.6 Å². The van der Waals surface area contributed by atoms with Gasteiger partial charge >= 0.3 is 5.97 Å². The first-order valence-corrected chi connectivity index (χ1v) is 4.83. The molecule has 1 fully saturated rings. The number of carbonyl (C=O) groups is 1. The normalized spacial score (nSPS) is 18.5. The van der Waals surface area contributed by atoms with Crippen LogP contribution in [0, 0.1) is 0 Å². The third-order valence-electron chi connectivity index (χ3n) is 2.29. The lowest BCUT2D eigenvalue weighted by atomic mass is 10.2. The van der Waals surface area contributed by atoms with Gasteiger partial charge in [-0.25, -0.2) is 0 Å². The summed E-state index contributed by atoms with van der Waals surface area (Å²) in [7, 11) is 1.44. The van der Waals surface area contributed by atoms with Gasteiger partial charge in [0.25, 0.3) is 0 Å². The second kappa shape index (κ2) is 5.94. The van der Waals surface area contributed by atoms with Crippen molar-refractivity contribution >= 4 is 5.97 Å². The Hall–Kier alpha value is -0.610. The van der Waals surface area contributed by atoms with E-state index in [-0.39, 0.29) is 5.97 Å². The number of rotatable bonds is 4. The third kappa shape index (κ3) is 4.24. The summed E-state index contributed by atoms with van der Waals surface area (Å²) in [6, 6.07) is 0. The summed E-state index contributed by atoms with van der Waals surface area (Å²) in [5.41, 5.74) is 0. The maximum Gasteiger partial charge on any atom is 0.305 e.